The summed E-state index contributed by atoms with van der Waals surface area (Å²) in [4.78, 5) is 0. The Bertz CT molecular complexity index is 472. The van der Waals surface area contributed by atoms with Gasteiger partial charge in [-0.3, -0.25) is 4.68 Å². The van der Waals surface area contributed by atoms with Crippen LogP contribution in [-0.2, 0) is 0 Å². The average molecular weight is 221 g/mol. The zero-order valence-electron chi connectivity index (χ0n) is 10.5. The quantitative estimate of drug-likeness (QED) is 0.802. The lowest BCUT2D eigenvalue weighted by atomic mass is 10.3. The molecule has 2 heterocycles. The van der Waals surface area contributed by atoms with E-state index in [9.17, 15) is 0 Å². The van der Waals surface area contributed by atoms with E-state index < -0.39 is 0 Å². The third kappa shape index (κ3) is 1.98. The molecule has 0 aliphatic heterocycles. The third-order valence-electron chi connectivity index (χ3n) is 2.22. The molecule has 0 radical (unpaired) electrons. The fourth-order valence-electron chi connectivity index (χ4n) is 1.54. The van der Waals surface area contributed by atoms with E-state index in [-0.39, 0.29) is 6.04 Å². The standard InChI is InChI=1S/C9H13N5.C2H6/c1-5(2)14-8-7(6(3)13-14)4-11-12-9(8)10;1-2/h4-5H,1-3H3,(H2,10,12);1-2H3. The van der Waals surface area contributed by atoms with E-state index >= 15 is 0 Å². The van der Waals surface area contributed by atoms with E-state index in [1.807, 2.05) is 25.5 Å². The topological polar surface area (TPSA) is 69.6 Å². The van der Waals surface area contributed by atoms with Gasteiger partial charge in [-0.05, 0) is 20.8 Å². The predicted molar refractivity (Wildman–Crippen MR) is 66.2 cm³/mol. The van der Waals surface area contributed by atoms with Gasteiger partial charge in [0, 0.05) is 11.4 Å². The summed E-state index contributed by atoms with van der Waals surface area (Å²) in [5, 5.41) is 13.0. The molecule has 88 valence electrons. The van der Waals surface area contributed by atoms with Crippen molar-refractivity contribution in [2.24, 2.45) is 0 Å². The highest BCUT2D eigenvalue weighted by atomic mass is 15.3. The van der Waals surface area contributed by atoms with Crippen molar-refractivity contribution in [1.82, 2.24) is 20.0 Å². The van der Waals surface area contributed by atoms with Crippen LogP contribution in [0.1, 0.15) is 39.4 Å². The summed E-state index contributed by atoms with van der Waals surface area (Å²) in [6, 6.07) is 0.276. The maximum Gasteiger partial charge on any atom is 0.172 e. The van der Waals surface area contributed by atoms with E-state index in [0.29, 0.717) is 5.82 Å². The van der Waals surface area contributed by atoms with Crippen molar-refractivity contribution in [1.29, 1.82) is 0 Å². The molecule has 0 saturated heterocycles. The Labute approximate surface area is 95.7 Å². The number of fused-ring (bicyclic) bond motifs is 1. The Kier molecular flexibility index (Phi) is 3.82. The highest BCUT2D eigenvalue weighted by molar-refractivity contribution is 5.88. The predicted octanol–water partition coefficient (Wildman–Crippen LogP) is 2.32. The van der Waals surface area contributed by atoms with Crippen LogP contribution in [0, 0.1) is 6.92 Å². The number of rotatable bonds is 1. The monoisotopic (exact) mass is 221 g/mol. The summed E-state index contributed by atoms with van der Waals surface area (Å²) >= 11 is 0. The zero-order valence-corrected chi connectivity index (χ0v) is 10.5. The van der Waals surface area contributed by atoms with Crippen molar-refractivity contribution in [2.75, 3.05) is 5.73 Å². The van der Waals surface area contributed by atoms with Gasteiger partial charge in [0.05, 0.1) is 11.9 Å². The van der Waals surface area contributed by atoms with Gasteiger partial charge in [0.1, 0.15) is 5.52 Å². The molecule has 2 aromatic heterocycles. The van der Waals surface area contributed by atoms with Crippen LogP contribution >= 0.6 is 0 Å². The molecule has 16 heavy (non-hydrogen) atoms. The molecule has 0 spiro atoms. The van der Waals surface area contributed by atoms with Gasteiger partial charge in [-0.25, -0.2) is 0 Å². The maximum absolute atomic E-state index is 5.77. The summed E-state index contributed by atoms with van der Waals surface area (Å²) in [5.74, 6) is 0.441. The first kappa shape index (κ1) is 12.4. The smallest absolute Gasteiger partial charge is 0.172 e. The van der Waals surface area contributed by atoms with Crippen LogP contribution in [-0.4, -0.2) is 20.0 Å². The second-order valence-corrected chi connectivity index (χ2v) is 3.62. The first-order valence-corrected chi connectivity index (χ1v) is 5.57. The van der Waals surface area contributed by atoms with Gasteiger partial charge in [-0.15, -0.1) is 5.10 Å². The van der Waals surface area contributed by atoms with E-state index in [4.69, 9.17) is 5.73 Å². The van der Waals surface area contributed by atoms with E-state index in [0.717, 1.165) is 16.6 Å². The molecule has 5 heteroatoms. The molecule has 0 aliphatic rings. The van der Waals surface area contributed by atoms with Gasteiger partial charge >= 0.3 is 0 Å². The van der Waals surface area contributed by atoms with Gasteiger partial charge in [-0.2, -0.15) is 10.2 Å². The largest absolute Gasteiger partial charge is 0.380 e. The van der Waals surface area contributed by atoms with Crippen molar-refractivity contribution in [3.05, 3.63) is 11.9 Å². The van der Waals surface area contributed by atoms with Gasteiger partial charge in [-0.1, -0.05) is 13.8 Å². The van der Waals surface area contributed by atoms with Crippen LogP contribution in [0.15, 0.2) is 6.20 Å². The summed E-state index contributed by atoms with van der Waals surface area (Å²) in [7, 11) is 0. The fraction of sp³-hybridized carbons (Fsp3) is 0.545. The summed E-state index contributed by atoms with van der Waals surface area (Å²) < 4.78 is 1.88. The number of aryl methyl sites for hydroxylation is 1. The minimum absolute atomic E-state index is 0.276. The van der Waals surface area contributed by atoms with Crippen LogP contribution in [0.4, 0.5) is 5.82 Å². The summed E-state index contributed by atoms with van der Waals surface area (Å²) in [5.41, 5.74) is 7.60. The molecule has 2 N–H and O–H groups in total. The number of nitrogen functional groups attached to an aromatic ring is 1. The molecule has 0 atom stereocenters. The highest BCUT2D eigenvalue weighted by Gasteiger charge is 2.13. The number of nitrogens with two attached hydrogens (primary N) is 1. The second kappa shape index (κ2) is 4.92. The molecule has 0 fully saturated rings. The van der Waals surface area contributed by atoms with Crippen molar-refractivity contribution in [3.8, 4) is 0 Å². The van der Waals surface area contributed by atoms with Crippen molar-refractivity contribution >= 4 is 16.7 Å². The Morgan fingerprint density at radius 1 is 1.31 bits per heavy atom. The molecule has 2 aromatic rings. The Morgan fingerprint density at radius 3 is 2.50 bits per heavy atom. The normalized spacial score (nSPS) is 10.4. The fourth-order valence-corrected chi connectivity index (χ4v) is 1.54. The van der Waals surface area contributed by atoms with E-state index in [1.165, 1.54) is 0 Å². The number of aromatic nitrogens is 4. The van der Waals surface area contributed by atoms with Crippen LogP contribution < -0.4 is 5.73 Å². The molecular formula is C11H19N5. The first-order valence-electron chi connectivity index (χ1n) is 5.57. The number of nitrogens with zero attached hydrogens (tertiary/aromatic N) is 4. The molecule has 0 saturated carbocycles. The molecule has 0 aliphatic carbocycles. The Hall–Kier alpha value is -1.65. The molecule has 5 nitrogen and oxygen atoms in total. The van der Waals surface area contributed by atoms with Gasteiger partial charge in [0.25, 0.3) is 0 Å². The SMILES string of the molecule is CC.Cc1nn(C(C)C)c2c(N)nncc12. The molecule has 0 aromatic carbocycles. The minimum atomic E-state index is 0.276. The maximum atomic E-state index is 5.77. The molecule has 0 unspecified atom stereocenters. The zero-order chi connectivity index (χ0) is 12.3. The molecule has 2 rings (SSSR count). The van der Waals surface area contributed by atoms with Gasteiger partial charge in [0.2, 0.25) is 0 Å². The third-order valence-corrected chi connectivity index (χ3v) is 2.22. The number of hydrogen-bond donors (Lipinski definition) is 1. The lowest BCUT2D eigenvalue weighted by molar-refractivity contribution is 0.547. The van der Waals surface area contributed by atoms with Crippen LogP contribution in [0.2, 0.25) is 0 Å². The van der Waals surface area contributed by atoms with Crippen LogP contribution in [0.3, 0.4) is 0 Å². The summed E-state index contributed by atoms with van der Waals surface area (Å²) in [6.07, 6.45) is 1.70. The van der Waals surface area contributed by atoms with Gasteiger partial charge in [0.15, 0.2) is 5.82 Å². The highest BCUT2D eigenvalue weighted by Crippen LogP contribution is 2.23. The average Bonchev–Trinajstić information content (AvgIpc) is 2.61. The Balaban J connectivity index is 0.000000606. The lowest BCUT2D eigenvalue weighted by Gasteiger charge is -2.07. The van der Waals surface area contributed by atoms with E-state index in [2.05, 4.69) is 29.1 Å². The van der Waals surface area contributed by atoms with Crippen LogP contribution in [0.25, 0.3) is 10.9 Å². The van der Waals surface area contributed by atoms with Crippen molar-refractivity contribution in [2.45, 2.75) is 40.7 Å². The number of hydrogen-bond acceptors (Lipinski definition) is 4. The summed E-state index contributed by atoms with van der Waals surface area (Å²) in [6.45, 7) is 10.1. The number of anilines is 1. The molecular weight excluding hydrogens is 202 g/mol. The van der Waals surface area contributed by atoms with E-state index in [1.54, 1.807) is 6.20 Å². The van der Waals surface area contributed by atoms with Crippen molar-refractivity contribution in [3.63, 3.8) is 0 Å². The van der Waals surface area contributed by atoms with Crippen molar-refractivity contribution < 1.29 is 0 Å². The van der Waals surface area contributed by atoms with Crippen LogP contribution in [0.5, 0.6) is 0 Å². The first-order chi connectivity index (χ1) is 7.61. The molecule has 0 amide bonds. The Morgan fingerprint density at radius 2 is 1.94 bits per heavy atom. The minimum Gasteiger partial charge on any atom is -0.380 e. The lowest BCUT2D eigenvalue weighted by Crippen LogP contribution is -2.05. The molecule has 0 bridgehead atoms. The second-order valence-electron chi connectivity index (χ2n) is 3.62. The van der Waals surface area contributed by atoms with Gasteiger partial charge < -0.3 is 5.73 Å².